The molecule has 2 aromatic heterocycles. The summed E-state index contributed by atoms with van der Waals surface area (Å²) in [6, 6.07) is 4.97. The lowest BCUT2D eigenvalue weighted by Crippen LogP contribution is -2.09. The van der Waals surface area contributed by atoms with E-state index in [1.165, 1.54) is 13.2 Å². The first-order chi connectivity index (χ1) is 16.0. The third-order valence-electron chi connectivity index (χ3n) is 5.51. The molecule has 1 aromatic carbocycles. The van der Waals surface area contributed by atoms with Gasteiger partial charge in [-0.1, -0.05) is 11.6 Å². The molecule has 0 radical (unpaired) electrons. The van der Waals surface area contributed by atoms with E-state index in [0.29, 0.717) is 35.8 Å². The van der Waals surface area contributed by atoms with Crippen molar-refractivity contribution in [1.82, 2.24) is 15.0 Å². The van der Waals surface area contributed by atoms with E-state index in [2.05, 4.69) is 15.0 Å². The van der Waals surface area contributed by atoms with E-state index in [1.54, 1.807) is 12.1 Å². The number of imidazole rings is 1. The summed E-state index contributed by atoms with van der Waals surface area (Å²) in [5.74, 6) is -3.54. The molecular weight excluding hydrogens is 488 g/mol. The van der Waals surface area contributed by atoms with Gasteiger partial charge in [0.15, 0.2) is 11.5 Å². The molecule has 34 heavy (non-hydrogen) atoms. The van der Waals surface area contributed by atoms with Crippen LogP contribution in [0.5, 0.6) is 11.5 Å². The van der Waals surface area contributed by atoms with E-state index >= 15 is 0 Å². The van der Waals surface area contributed by atoms with Crippen LogP contribution in [0.1, 0.15) is 42.3 Å². The molecule has 0 saturated heterocycles. The Morgan fingerprint density at radius 1 is 1.21 bits per heavy atom. The van der Waals surface area contributed by atoms with Crippen LogP contribution < -0.4 is 9.47 Å². The van der Waals surface area contributed by atoms with Crippen molar-refractivity contribution in [2.24, 2.45) is 0 Å². The maximum Gasteiger partial charge on any atom is 0.417 e. The Morgan fingerprint density at radius 2 is 1.97 bits per heavy atom. The molecule has 1 saturated carbocycles. The van der Waals surface area contributed by atoms with Crippen molar-refractivity contribution in [3.63, 3.8) is 0 Å². The largest absolute Gasteiger partial charge is 0.493 e. The van der Waals surface area contributed by atoms with Crippen LogP contribution in [0.25, 0.3) is 11.3 Å². The number of nitrogens with zero attached hydrogens (tertiary/aromatic N) is 2. The van der Waals surface area contributed by atoms with Crippen LogP contribution in [-0.4, -0.2) is 28.0 Å². The van der Waals surface area contributed by atoms with Crippen molar-refractivity contribution in [3.8, 4) is 22.8 Å². The summed E-state index contributed by atoms with van der Waals surface area (Å²) in [7, 11) is 1.36. The van der Waals surface area contributed by atoms with Crippen molar-refractivity contribution in [2.45, 2.75) is 43.9 Å². The minimum Gasteiger partial charge on any atom is -0.493 e. The van der Waals surface area contributed by atoms with E-state index in [4.69, 9.17) is 21.1 Å². The lowest BCUT2D eigenvalue weighted by molar-refractivity contribution is -0.138. The molecule has 1 N–H and O–H groups in total. The van der Waals surface area contributed by atoms with Crippen LogP contribution in [0.3, 0.4) is 0 Å². The Balaban J connectivity index is 1.52. The number of aromatic amines is 1. The summed E-state index contributed by atoms with van der Waals surface area (Å²) in [5, 5.41) is 0.178. The van der Waals surface area contributed by atoms with Gasteiger partial charge >= 0.3 is 6.18 Å². The van der Waals surface area contributed by atoms with Gasteiger partial charge in [-0.25, -0.2) is 18.2 Å². The molecule has 5 nitrogen and oxygen atoms in total. The standard InChI is InChI=1S/C22H18ClF6N3O2/c1-33-17-6-11(18-19(23)32-20(31-18)12-4-5-21(25,26)8-12)2-3-16(17)34-10-15-14(24)7-13(9-30-15)22(27,28)29/h2-3,6-7,9,12H,4-5,8,10H2,1H3,(H,31,32). The number of aromatic nitrogens is 3. The number of ether oxygens (including phenoxy) is 2. The number of benzene rings is 1. The summed E-state index contributed by atoms with van der Waals surface area (Å²) < 4.78 is 90.0. The Hall–Kier alpha value is -2.95. The SMILES string of the molecule is COc1cc(-c2nc(C3CCC(F)(F)C3)[nH]c2Cl)ccc1OCc1ncc(C(F)(F)F)cc1F. The summed E-state index contributed by atoms with van der Waals surface area (Å²) in [5.41, 5.74) is -0.660. The monoisotopic (exact) mass is 505 g/mol. The minimum atomic E-state index is -4.71. The summed E-state index contributed by atoms with van der Waals surface area (Å²) >= 11 is 6.26. The highest BCUT2D eigenvalue weighted by molar-refractivity contribution is 6.31. The number of alkyl halides is 5. The fourth-order valence-corrected chi connectivity index (χ4v) is 3.99. The number of hydrogen-bond acceptors (Lipinski definition) is 4. The molecule has 182 valence electrons. The van der Waals surface area contributed by atoms with Gasteiger partial charge in [0.05, 0.1) is 12.7 Å². The third kappa shape index (κ3) is 5.08. The average Bonchev–Trinajstić information content (AvgIpc) is 3.34. The molecule has 3 aromatic rings. The zero-order chi connectivity index (χ0) is 24.7. The highest BCUT2D eigenvalue weighted by Crippen LogP contribution is 2.44. The van der Waals surface area contributed by atoms with Gasteiger partial charge in [-0.15, -0.1) is 0 Å². The van der Waals surface area contributed by atoms with Gasteiger partial charge in [-0.3, -0.25) is 4.98 Å². The highest BCUT2D eigenvalue weighted by Gasteiger charge is 2.41. The third-order valence-corrected chi connectivity index (χ3v) is 5.79. The number of pyridine rings is 1. The quantitative estimate of drug-likeness (QED) is 0.375. The molecule has 1 atom stereocenters. The number of hydrogen-bond donors (Lipinski definition) is 1. The summed E-state index contributed by atoms with van der Waals surface area (Å²) in [6.45, 7) is -0.442. The van der Waals surface area contributed by atoms with Gasteiger partial charge in [0.2, 0.25) is 5.92 Å². The molecule has 1 fully saturated rings. The molecule has 4 rings (SSSR count). The number of H-pyrrole nitrogens is 1. The summed E-state index contributed by atoms with van der Waals surface area (Å²) in [4.78, 5) is 10.8. The average molecular weight is 506 g/mol. The molecule has 1 aliphatic rings. The first kappa shape index (κ1) is 24.2. The highest BCUT2D eigenvalue weighted by atomic mass is 35.5. The van der Waals surface area contributed by atoms with E-state index in [9.17, 15) is 26.3 Å². The van der Waals surface area contributed by atoms with E-state index in [1.807, 2.05) is 0 Å². The second-order valence-electron chi connectivity index (χ2n) is 7.88. The zero-order valence-electron chi connectivity index (χ0n) is 17.6. The van der Waals surface area contributed by atoms with Gasteiger partial charge in [-0.2, -0.15) is 13.2 Å². The van der Waals surface area contributed by atoms with Crippen LogP contribution in [0.2, 0.25) is 5.15 Å². The summed E-state index contributed by atoms with van der Waals surface area (Å²) in [6.07, 6.45) is -4.40. The molecule has 0 aliphatic heterocycles. The molecule has 12 heteroatoms. The van der Waals surface area contributed by atoms with Crippen molar-refractivity contribution in [2.75, 3.05) is 7.11 Å². The first-order valence-electron chi connectivity index (χ1n) is 10.1. The Labute approximate surface area is 195 Å². The maximum absolute atomic E-state index is 14.0. The molecule has 0 spiro atoms. The molecular formula is C22H18ClF6N3O2. The number of nitrogens with one attached hydrogen (secondary N) is 1. The number of methoxy groups -OCH3 is 1. The van der Waals surface area contributed by atoms with Gasteiger partial charge < -0.3 is 14.5 Å². The predicted octanol–water partition coefficient (Wildman–Crippen LogP) is 6.77. The second kappa shape index (κ2) is 9.01. The van der Waals surface area contributed by atoms with Crippen LogP contribution >= 0.6 is 11.6 Å². The Bertz CT molecular complexity index is 1200. The number of rotatable bonds is 6. The van der Waals surface area contributed by atoms with Crippen molar-refractivity contribution >= 4 is 11.6 Å². The van der Waals surface area contributed by atoms with Crippen LogP contribution in [0.4, 0.5) is 26.3 Å². The normalized spacial score (nSPS) is 17.7. The first-order valence-corrected chi connectivity index (χ1v) is 10.5. The molecule has 0 bridgehead atoms. The maximum atomic E-state index is 14.0. The zero-order valence-corrected chi connectivity index (χ0v) is 18.4. The van der Waals surface area contributed by atoms with Crippen LogP contribution in [-0.2, 0) is 12.8 Å². The van der Waals surface area contributed by atoms with E-state index < -0.39 is 36.0 Å². The van der Waals surface area contributed by atoms with Crippen molar-refractivity contribution in [3.05, 3.63) is 58.5 Å². The van der Waals surface area contributed by atoms with Gasteiger partial charge in [-0.05, 0) is 30.7 Å². The lowest BCUT2D eigenvalue weighted by atomic mass is 10.1. The van der Waals surface area contributed by atoms with E-state index in [-0.39, 0.29) is 35.2 Å². The topological polar surface area (TPSA) is 60.0 Å². The predicted molar refractivity (Wildman–Crippen MR) is 111 cm³/mol. The molecule has 0 amide bonds. The Morgan fingerprint density at radius 3 is 2.59 bits per heavy atom. The van der Waals surface area contributed by atoms with Gasteiger partial charge in [0, 0.05) is 30.5 Å². The van der Waals surface area contributed by atoms with E-state index in [0.717, 1.165) is 0 Å². The lowest BCUT2D eigenvalue weighted by Gasteiger charge is -2.13. The fraction of sp³-hybridized carbons (Fsp3) is 0.364. The fourth-order valence-electron chi connectivity index (χ4n) is 3.74. The molecule has 1 unspecified atom stereocenters. The smallest absolute Gasteiger partial charge is 0.417 e. The Kier molecular flexibility index (Phi) is 6.41. The van der Waals surface area contributed by atoms with Crippen molar-refractivity contribution in [1.29, 1.82) is 0 Å². The molecule has 2 heterocycles. The van der Waals surface area contributed by atoms with Gasteiger partial charge in [0.1, 0.15) is 34.8 Å². The second-order valence-corrected chi connectivity index (χ2v) is 8.26. The van der Waals surface area contributed by atoms with Gasteiger partial charge in [0.25, 0.3) is 0 Å². The molecule has 1 aliphatic carbocycles. The minimum absolute atomic E-state index is 0.176. The van der Waals surface area contributed by atoms with Crippen LogP contribution in [0, 0.1) is 5.82 Å². The number of halogens is 7. The van der Waals surface area contributed by atoms with Crippen molar-refractivity contribution < 1.29 is 35.8 Å². The van der Waals surface area contributed by atoms with Crippen LogP contribution in [0.15, 0.2) is 30.5 Å².